The van der Waals surface area contributed by atoms with Crippen LogP contribution in [0.5, 0.6) is 0 Å². The van der Waals surface area contributed by atoms with Crippen LogP contribution in [-0.2, 0) is 0 Å². The molecule has 0 saturated heterocycles. The molecule has 19 heavy (non-hydrogen) atoms. The van der Waals surface area contributed by atoms with Gasteiger partial charge < -0.3 is 0 Å². The molecule has 0 amide bonds. The number of rotatable bonds is 1. The van der Waals surface area contributed by atoms with Gasteiger partial charge in [-0.1, -0.05) is 15.9 Å². The van der Waals surface area contributed by atoms with Gasteiger partial charge in [-0.15, -0.1) is 10.2 Å². The largest absolute Gasteiger partial charge is 0.282 e. The van der Waals surface area contributed by atoms with Gasteiger partial charge in [0.1, 0.15) is 0 Å². The van der Waals surface area contributed by atoms with E-state index in [4.69, 9.17) is 5.26 Å². The SMILES string of the molecule is N#Cc1ccn2c(-c3cc(Br)ccc3I)nnc2c1. The first-order chi connectivity index (χ1) is 9.19. The van der Waals surface area contributed by atoms with E-state index in [1.807, 2.05) is 28.8 Å². The lowest BCUT2D eigenvalue weighted by Gasteiger charge is -2.03. The fraction of sp³-hybridized carbons (Fsp3) is 0. The Bertz CT molecular complexity index is 819. The summed E-state index contributed by atoms with van der Waals surface area (Å²) < 4.78 is 3.97. The molecule has 0 aliphatic heterocycles. The molecule has 6 heteroatoms. The summed E-state index contributed by atoms with van der Waals surface area (Å²) in [5.74, 6) is 0.769. The molecular formula is C13H6BrIN4. The Morgan fingerprint density at radius 2 is 2.05 bits per heavy atom. The van der Waals surface area contributed by atoms with E-state index in [1.54, 1.807) is 12.1 Å². The van der Waals surface area contributed by atoms with Gasteiger partial charge in [-0.05, 0) is 46.9 Å². The number of hydrogen-bond donors (Lipinski definition) is 0. The minimum Gasteiger partial charge on any atom is -0.282 e. The molecule has 0 spiro atoms. The molecule has 4 nitrogen and oxygen atoms in total. The zero-order valence-corrected chi connectivity index (χ0v) is 13.3. The predicted octanol–water partition coefficient (Wildman–Crippen LogP) is 3.64. The van der Waals surface area contributed by atoms with Gasteiger partial charge in [0.2, 0.25) is 0 Å². The Balaban J connectivity index is 2.26. The molecule has 0 fully saturated rings. The monoisotopic (exact) mass is 424 g/mol. The molecule has 3 aromatic rings. The second-order valence-electron chi connectivity index (χ2n) is 3.90. The van der Waals surface area contributed by atoms with Crippen LogP contribution in [0.25, 0.3) is 17.0 Å². The molecule has 0 bridgehead atoms. The fourth-order valence-electron chi connectivity index (χ4n) is 1.81. The van der Waals surface area contributed by atoms with E-state index in [-0.39, 0.29) is 0 Å². The van der Waals surface area contributed by atoms with Gasteiger partial charge in [-0.3, -0.25) is 4.40 Å². The number of pyridine rings is 1. The zero-order valence-electron chi connectivity index (χ0n) is 9.51. The van der Waals surface area contributed by atoms with Crippen molar-refractivity contribution in [1.82, 2.24) is 14.6 Å². The van der Waals surface area contributed by atoms with E-state index >= 15 is 0 Å². The normalized spacial score (nSPS) is 10.6. The van der Waals surface area contributed by atoms with Gasteiger partial charge in [0.15, 0.2) is 11.5 Å². The molecular weight excluding hydrogens is 419 g/mol. The zero-order chi connectivity index (χ0) is 13.4. The lowest BCUT2D eigenvalue weighted by molar-refractivity contribution is 1.11. The first-order valence-corrected chi connectivity index (χ1v) is 7.26. The van der Waals surface area contributed by atoms with Crippen molar-refractivity contribution in [1.29, 1.82) is 5.26 Å². The quantitative estimate of drug-likeness (QED) is 0.560. The molecule has 0 atom stereocenters. The maximum absolute atomic E-state index is 8.89. The van der Waals surface area contributed by atoms with Crippen molar-refractivity contribution in [3.05, 3.63) is 50.1 Å². The van der Waals surface area contributed by atoms with Gasteiger partial charge in [0.05, 0.1) is 11.6 Å². The maximum atomic E-state index is 8.89. The summed E-state index contributed by atoms with van der Waals surface area (Å²) in [4.78, 5) is 0. The van der Waals surface area contributed by atoms with Crippen molar-refractivity contribution in [3.8, 4) is 17.5 Å². The molecule has 0 N–H and O–H groups in total. The van der Waals surface area contributed by atoms with E-state index in [0.29, 0.717) is 11.2 Å². The number of benzene rings is 1. The minimum atomic E-state index is 0.579. The van der Waals surface area contributed by atoms with Crippen LogP contribution >= 0.6 is 38.5 Å². The molecule has 0 unspecified atom stereocenters. The predicted molar refractivity (Wildman–Crippen MR) is 83.6 cm³/mol. The Hall–Kier alpha value is -1.46. The highest BCUT2D eigenvalue weighted by molar-refractivity contribution is 14.1. The highest BCUT2D eigenvalue weighted by atomic mass is 127. The second-order valence-corrected chi connectivity index (χ2v) is 5.98. The third-order valence-electron chi connectivity index (χ3n) is 2.71. The number of nitriles is 1. The van der Waals surface area contributed by atoms with E-state index in [1.165, 1.54) is 0 Å². The molecule has 0 aliphatic rings. The lowest BCUT2D eigenvalue weighted by Crippen LogP contribution is -1.92. The summed E-state index contributed by atoms with van der Waals surface area (Å²) in [6.45, 7) is 0. The summed E-state index contributed by atoms with van der Waals surface area (Å²) in [6.07, 6.45) is 1.82. The van der Waals surface area contributed by atoms with Crippen LogP contribution in [0.4, 0.5) is 0 Å². The maximum Gasteiger partial charge on any atom is 0.169 e. The molecule has 0 saturated carbocycles. The van der Waals surface area contributed by atoms with Crippen molar-refractivity contribution in [2.45, 2.75) is 0 Å². The smallest absolute Gasteiger partial charge is 0.169 e. The van der Waals surface area contributed by atoms with Crippen LogP contribution in [0.2, 0.25) is 0 Å². The summed E-state index contributed by atoms with van der Waals surface area (Å²) in [7, 11) is 0. The first kappa shape index (κ1) is 12.6. The van der Waals surface area contributed by atoms with E-state index in [0.717, 1.165) is 19.4 Å². The van der Waals surface area contributed by atoms with Gasteiger partial charge in [0.25, 0.3) is 0 Å². The molecule has 92 valence electrons. The molecule has 0 aliphatic carbocycles. The Labute approximate surface area is 131 Å². The van der Waals surface area contributed by atoms with Crippen LogP contribution in [0.3, 0.4) is 0 Å². The standard InChI is InChI=1S/C13H6BrIN4/c14-9-1-2-11(15)10(6-9)13-18-17-12-5-8(7-16)3-4-19(12)13/h1-6H. The number of fused-ring (bicyclic) bond motifs is 1. The molecule has 3 rings (SSSR count). The minimum absolute atomic E-state index is 0.579. The van der Waals surface area contributed by atoms with Crippen molar-refractivity contribution in [3.63, 3.8) is 0 Å². The number of halogens is 2. The van der Waals surface area contributed by atoms with E-state index in [2.05, 4.69) is 54.8 Å². The Kier molecular flexibility index (Phi) is 3.24. The fourth-order valence-corrected chi connectivity index (χ4v) is 2.75. The van der Waals surface area contributed by atoms with E-state index < -0.39 is 0 Å². The molecule has 1 aromatic carbocycles. The average Bonchev–Trinajstić information content (AvgIpc) is 2.84. The van der Waals surface area contributed by atoms with Gasteiger partial charge in [-0.2, -0.15) is 5.26 Å². The van der Waals surface area contributed by atoms with Crippen molar-refractivity contribution in [2.75, 3.05) is 0 Å². The van der Waals surface area contributed by atoms with Crippen molar-refractivity contribution >= 4 is 44.2 Å². The van der Waals surface area contributed by atoms with Crippen molar-refractivity contribution < 1.29 is 0 Å². The van der Waals surface area contributed by atoms with Gasteiger partial charge in [0, 0.05) is 25.9 Å². The molecule has 2 aromatic heterocycles. The topological polar surface area (TPSA) is 54.0 Å². The summed E-state index contributed by atoms with van der Waals surface area (Å²) in [5, 5.41) is 17.2. The molecule has 2 heterocycles. The number of nitrogens with zero attached hydrogens (tertiary/aromatic N) is 4. The summed E-state index contributed by atoms with van der Waals surface area (Å²) in [5.41, 5.74) is 2.26. The summed E-state index contributed by atoms with van der Waals surface area (Å²) in [6, 6.07) is 11.6. The summed E-state index contributed by atoms with van der Waals surface area (Å²) >= 11 is 5.74. The third kappa shape index (κ3) is 2.24. The second kappa shape index (κ2) is 4.90. The molecule has 0 radical (unpaired) electrons. The van der Waals surface area contributed by atoms with Crippen LogP contribution in [0.15, 0.2) is 41.0 Å². The van der Waals surface area contributed by atoms with Crippen LogP contribution in [-0.4, -0.2) is 14.6 Å². The average molecular weight is 425 g/mol. The highest BCUT2D eigenvalue weighted by Gasteiger charge is 2.11. The Morgan fingerprint density at radius 3 is 2.84 bits per heavy atom. The van der Waals surface area contributed by atoms with E-state index in [9.17, 15) is 0 Å². The van der Waals surface area contributed by atoms with Crippen molar-refractivity contribution in [2.24, 2.45) is 0 Å². The van der Waals surface area contributed by atoms with Crippen LogP contribution < -0.4 is 0 Å². The Morgan fingerprint density at radius 1 is 1.21 bits per heavy atom. The number of aromatic nitrogens is 3. The van der Waals surface area contributed by atoms with Gasteiger partial charge >= 0.3 is 0 Å². The van der Waals surface area contributed by atoms with Crippen LogP contribution in [0, 0.1) is 14.9 Å². The third-order valence-corrected chi connectivity index (χ3v) is 4.14. The number of hydrogen-bond acceptors (Lipinski definition) is 3. The highest BCUT2D eigenvalue weighted by Crippen LogP contribution is 2.27. The van der Waals surface area contributed by atoms with Gasteiger partial charge in [-0.25, -0.2) is 0 Å². The lowest BCUT2D eigenvalue weighted by atomic mass is 10.2. The first-order valence-electron chi connectivity index (χ1n) is 5.39. The van der Waals surface area contributed by atoms with Crippen LogP contribution in [0.1, 0.15) is 5.56 Å².